The summed E-state index contributed by atoms with van der Waals surface area (Å²) in [6.07, 6.45) is 3.42. The number of rotatable bonds is 3. The fourth-order valence-corrected chi connectivity index (χ4v) is 1.74. The second-order valence-corrected chi connectivity index (χ2v) is 3.71. The highest BCUT2D eigenvalue weighted by Gasteiger charge is 2.03. The summed E-state index contributed by atoms with van der Waals surface area (Å²) in [4.78, 5) is 0. The van der Waals surface area contributed by atoms with Gasteiger partial charge in [0.1, 0.15) is 5.76 Å². The number of anilines is 1. The first-order chi connectivity index (χ1) is 8.43. The maximum atomic E-state index is 5.26. The van der Waals surface area contributed by atoms with Crippen LogP contribution in [0.4, 0.5) is 5.82 Å². The molecule has 0 bridgehead atoms. The highest BCUT2D eigenvalue weighted by molar-refractivity contribution is 5.90. The molecule has 0 aliphatic carbocycles. The van der Waals surface area contributed by atoms with Gasteiger partial charge in [0, 0.05) is 10.8 Å². The van der Waals surface area contributed by atoms with E-state index >= 15 is 0 Å². The van der Waals surface area contributed by atoms with Crippen molar-refractivity contribution in [3.05, 3.63) is 54.6 Å². The van der Waals surface area contributed by atoms with Gasteiger partial charge in [0.2, 0.25) is 0 Å². The van der Waals surface area contributed by atoms with Crippen LogP contribution in [0.25, 0.3) is 10.8 Å². The van der Waals surface area contributed by atoms with Crippen LogP contribution in [-0.2, 0) is 6.54 Å². The van der Waals surface area contributed by atoms with E-state index in [-0.39, 0.29) is 0 Å². The van der Waals surface area contributed by atoms with E-state index in [0.717, 1.165) is 22.4 Å². The maximum absolute atomic E-state index is 5.26. The summed E-state index contributed by atoms with van der Waals surface area (Å²) in [6, 6.07) is 11.8. The molecule has 0 saturated heterocycles. The van der Waals surface area contributed by atoms with Crippen molar-refractivity contribution in [1.29, 1.82) is 0 Å². The van der Waals surface area contributed by atoms with Gasteiger partial charge in [0.25, 0.3) is 0 Å². The molecule has 0 aliphatic heterocycles. The molecule has 1 aromatic carbocycles. The van der Waals surface area contributed by atoms with Crippen LogP contribution < -0.4 is 5.32 Å². The molecule has 0 saturated carbocycles. The molecule has 84 valence electrons. The Labute approximate surface area is 98.3 Å². The second-order valence-electron chi connectivity index (χ2n) is 3.71. The van der Waals surface area contributed by atoms with Crippen LogP contribution in [0.1, 0.15) is 5.76 Å². The summed E-state index contributed by atoms with van der Waals surface area (Å²) in [5, 5.41) is 13.4. The molecule has 0 atom stereocenters. The van der Waals surface area contributed by atoms with Crippen molar-refractivity contribution in [2.24, 2.45) is 0 Å². The number of fused-ring (bicyclic) bond motifs is 1. The Morgan fingerprint density at radius 2 is 2.06 bits per heavy atom. The van der Waals surface area contributed by atoms with Crippen molar-refractivity contribution in [3.63, 3.8) is 0 Å². The Morgan fingerprint density at radius 1 is 1.12 bits per heavy atom. The van der Waals surface area contributed by atoms with Crippen LogP contribution in [0.3, 0.4) is 0 Å². The van der Waals surface area contributed by atoms with Crippen LogP contribution in [0.5, 0.6) is 0 Å². The van der Waals surface area contributed by atoms with Crippen LogP contribution in [0.2, 0.25) is 0 Å². The first-order valence-corrected chi connectivity index (χ1v) is 5.40. The van der Waals surface area contributed by atoms with Gasteiger partial charge < -0.3 is 9.73 Å². The monoisotopic (exact) mass is 225 g/mol. The summed E-state index contributed by atoms with van der Waals surface area (Å²) in [6.45, 7) is 0.607. The lowest BCUT2D eigenvalue weighted by atomic mass is 10.2. The first kappa shape index (κ1) is 9.84. The zero-order chi connectivity index (χ0) is 11.5. The van der Waals surface area contributed by atoms with Gasteiger partial charge in [0.05, 0.1) is 19.0 Å². The molecule has 0 radical (unpaired) electrons. The van der Waals surface area contributed by atoms with E-state index in [2.05, 4.69) is 15.5 Å². The molecule has 1 N–H and O–H groups in total. The molecule has 2 aromatic heterocycles. The van der Waals surface area contributed by atoms with E-state index in [0.29, 0.717) is 6.54 Å². The number of hydrogen-bond acceptors (Lipinski definition) is 4. The van der Waals surface area contributed by atoms with Crippen molar-refractivity contribution in [2.75, 3.05) is 5.32 Å². The van der Waals surface area contributed by atoms with Gasteiger partial charge in [-0.25, -0.2) is 0 Å². The molecule has 3 aromatic rings. The quantitative estimate of drug-likeness (QED) is 0.744. The number of benzene rings is 1. The maximum Gasteiger partial charge on any atom is 0.156 e. The molecular weight excluding hydrogens is 214 g/mol. The molecule has 4 heteroatoms. The van der Waals surface area contributed by atoms with Crippen molar-refractivity contribution in [1.82, 2.24) is 10.2 Å². The molecule has 0 fully saturated rings. The van der Waals surface area contributed by atoms with Gasteiger partial charge in [-0.2, -0.15) is 5.10 Å². The fraction of sp³-hybridized carbons (Fsp3) is 0.0769. The molecule has 0 amide bonds. The van der Waals surface area contributed by atoms with Crippen molar-refractivity contribution < 1.29 is 4.42 Å². The van der Waals surface area contributed by atoms with Crippen LogP contribution in [-0.4, -0.2) is 10.2 Å². The minimum atomic E-state index is 0.607. The number of furan rings is 1. The van der Waals surface area contributed by atoms with Gasteiger partial charge in [-0.15, -0.1) is 5.10 Å². The molecule has 4 nitrogen and oxygen atoms in total. The average Bonchev–Trinajstić information content (AvgIpc) is 2.89. The third-order valence-electron chi connectivity index (χ3n) is 2.58. The minimum Gasteiger partial charge on any atom is -0.467 e. The van der Waals surface area contributed by atoms with E-state index in [9.17, 15) is 0 Å². The number of aromatic nitrogens is 2. The van der Waals surface area contributed by atoms with Crippen molar-refractivity contribution >= 4 is 16.6 Å². The molecule has 17 heavy (non-hydrogen) atoms. The largest absolute Gasteiger partial charge is 0.467 e. The molecule has 0 spiro atoms. The highest BCUT2D eigenvalue weighted by Crippen LogP contribution is 2.19. The Kier molecular flexibility index (Phi) is 2.46. The van der Waals surface area contributed by atoms with E-state index in [1.165, 1.54) is 0 Å². The van der Waals surface area contributed by atoms with Crippen molar-refractivity contribution in [2.45, 2.75) is 6.54 Å². The predicted octanol–water partition coefficient (Wildman–Crippen LogP) is 2.83. The number of nitrogens with zero attached hydrogens (tertiary/aromatic N) is 2. The zero-order valence-electron chi connectivity index (χ0n) is 9.13. The third-order valence-corrected chi connectivity index (χ3v) is 2.58. The predicted molar refractivity (Wildman–Crippen MR) is 65.6 cm³/mol. The molecule has 0 aliphatic rings. The summed E-state index contributed by atoms with van der Waals surface area (Å²) >= 11 is 0. The lowest BCUT2D eigenvalue weighted by Crippen LogP contribution is -2.02. The van der Waals surface area contributed by atoms with E-state index in [1.807, 2.05) is 36.4 Å². The lowest BCUT2D eigenvalue weighted by Gasteiger charge is -2.05. The lowest BCUT2D eigenvalue weighted by molar-refractivity contribution is 0.518. The molecular formula is C13H11N3O. The molecule has 0 unspecified atom stereocenters. The van der Waals surface area contributed by atoms with Crippen LogP contribution in [0.15, 0.2) is 53.3 Å². The summed E-state index contributed by atoms with van der Waals surface area (Å²) in [7, 11) is 0. The van der Waals surface area contributed by atoms with Gasteiger partial charge >= 0.3 is 0 Å². The van der Waals surface area contributed by atoms with Crippen LogP contribution >= 0.6 is 0 Å². The Morgan fingerprint density at radius 3 is 2.94 bits per heavy atom. The Bertz CT molecular complexity index is 614. The summed E-state index contributed by atoms with van der Waals surface area (Å²) in [5.41, 5.74) is 0. The minimum absolute atomic E-state index is 0.607. The van der Waals surface area contributed by atoms with Gasteiger partial charge in [0.15, 0.2) is 5.82 Å². The topological polar surface area (TPSA) is 51.0 Å². The average molecular weight is 225 g/mol. The summed E-state index contributed by atoms with van der Waals surface area (Å²) in [5.74, 6) is 1.65. The Balaban J connectivity index is 1.90. The summed E-state index contributed by atoms with van der Waals surface area (Å²) < 4.78 is 5.26. The number of hydrogen-bond donors (Lipinski definition) is 1. The third kappa shape index (κ3) is 1.97. The standard InChI is InChI=1S/C13H11N3O/c1-2-6-12-10(4-1)8-15-16-13(12)14-9-11-5-3-7-17-11/h1-8H,9H2,(H,14,16). The SMILES string of the molecule is c1coc(CNc2nncc3ccccc23)c1. The fourth-order valence-electron chi connectivity index (χ4n) is 1.74. The number of nitrogens with one attached hydrogen (secondary N) is 1. The zero-order valence-corrected chi connectivity index (χ0v) is 9.13. The van der Waals surface area contributed by atoms with Crippen LogP contribution in [0, 0.1) is 0 Å². The normalized spacial score (nSPS) is 10.6. The van der Waals surface area contributed by atoms with E-state index in [1.54, 1.807) is 12.5 Å². The van der Waals surface area contributed by atoms with Gasteiger partial charge in [-0.3, -0.25) is 0 Å². The smallest absolute Gasteiger partial charge is 0.156 e. The molecule has 2 heterocycles. The molecule has 3 rings (SSSR count). The van der Waals surface area contributed by atoms with Gasteiger partial charge in [-0.1, -0.05) is 24.3 Å². The first-order valence-electron chi connectivity index (χ1n) is 5.40. The van der Waals surface area contributed by atoms with E-state index in [4.69, 9.17) is 4.42 Å². The van der Waals surface area contributed by atoms with Gasteiger partial charge in [-0.05, 0) is 12.1 Å². The van der Waals surface area contributed by atoms with Crippen molar-refractivity contribution in [3.8, 4) is 0 Å². The second kappa shape index (κ2) is 4.25. The highest BCUT2D eigenvalue weighted by atomic mass is 16.3. The van der Waals surface area contributed by atoms with E-state index < -0.39 is 0 Å². The Hall–Kier alpha value is -2.36.